The van der Waals surface area contributed by atoms with Crippen molar-refractivity contribution < 1.29 is 9.90 Å². The van der Waals surface area contributed by atoms with Gasteiger partial charge in [0.1, 0.15) is 0 Å². The zero-order valence-corrected chi connectivity index (χ0v) is 10.7. The molecule has 0 radical (unpaired) electrons. The summed E-state index contributed by atoms with van der Waals surface area (Å²) in [5.41, 5.74) is 5.40. The summed E-state index contributed by atoms with van der Waals surface area (Å²) < 4.78 is 0. The lowest BCUT2D eigenvalue weighted by atomic mass is 9.92. The van der Waals surface area contributed by atoms with Crippen molar-refractivity contribution in [2.75, 3.05) is 6.54 Å². The van der Waals surface area contributed by atoms with Gasteiger partial charge in [-0.05, 0) is 32.2 Å². The fraction of sp³-hybridized carbons (Fsp3) is 0.923. The second-order valence-electron chi connectivity index (χ2n) is 4.98. The number of nitrogens with two attached hydrogens (primary N) is 1. The molecule has 0 spiro atoms. The second kappa shape index (κ2) is 8.48. The molecule has 2 atom stereocenters. The van der Waals surface area contributed by atoms with Gasteiger partial charge in [0.25, 0.3) is 0 Å². The standard InChI is InChI=1S/C13H26N2O2/c14-10-6-2-1-3-9-13(17)15-11-7-4-5-8-12(11)16/h11-12,16H,1-10,14H2,(H,15,17)/t11-,12-/m0/s1. The predicted molar refractivity (Wildman–Crippen MR) is 68.5 cm³/mol. The monoisotopic (exact) mass is 242 g/mol. The molecule has 0 bridgehead atoms. The number of aliphatic hydroxyl groups is 1. The highest BCUT2D eigenvalue weighted by Gasteiger charge is 2.23. The molecule has 0 saturated heterocycles. The fourth-order valence-electron chi connectivity index (χ4n) is 2.34. The van der Waals surface area contributed by atoms with E-state index in [1.54, 1.807) is 0 Å². The van der Waals surface area contributed by atoms with Gasteiger partial charge in [0, 0.05) is 6.42 Å². The maximum absolute atomic E-state index is 11.6. The third-order valence-electron chi connectivity index (χ3n) is 3.43. The van der Waals surface area contributed by atoms with Crippen LogP contribution in [0.5, 0.6) is 0 Å². The van der Waals surface area contributed by atoms with Crippen LogP contribution in [0.25, 0.3) is 0 Å². The number of aliphatic hydroxyl groups excluding tert-OH is 1. The van der Waals surface area contributed by atoms with Crippen LogP contribution in [0.15, 0.2) is 0 Å². The van der Waals surface area contributed by atoms with E-state index in [9.17, 15) is 9.90 Å². The molecule has 1 fully saturated rings. The maximum atomic E-state index is 11.6. The molecule has 1 aliphatic rings. The Balaban J connectivity index is 2.07. The number of amides is 1. The van der Waals surface area contributed by atoms with Crippen molar-refractivity contribution in [3.8, 4) is 0 Å². The molecule has 100 valence electrons. The number of rotatable bonds is 7. The van der Waals surface area contributed by atoms with Gasteiger partial charge in [-0.3, -0.25) is 4.79 Å². The summed E-state index contributed by atoms with van der Waals surface area (Å²) in [6.07, 6.45) is 8.30. The van der Waals surface area contributed by atoms with E-state index in [0.29, 0.717) is 6.42 Å². The Kier molecular flexibility index (Phi) is 7.21. The van der Waals surface area contributed by atoms with Crippen LogP contribution < -0.4 is 11.1 Å². The molecule has 4 heteroatoms. The van der Waals surface area contributed by atoms with Crippen molar-refractivity contribution in [3.05, 3.63) is 0 Å². The van der Waals surface area contributed by atoms with Crippen LogP contribution in [0.2, 0.25) is 0 Å². The molecule has 1 rings (SSSR count). The first-order chi connectivity index (χ1) is 8.24. The Bertz CT molecular complexity index is 221. The van der Waals surface area contributed by atoms with E-state index in [4.69, 9.17) is 5.73 Å². The number of hydrogen-bond donors (Lipinski definition) is 3. The summed E-state index contributed by atoms with van der Waals surface area (Å²) in [4.78, 5) is 11.6. The lowest BCUT2D eigenvalue weighted by Gasteiger charge is -2.28. The first kappa shape index (κ1) is 14.5. The highest BCUT2D eigenvalue weighted by atomic mass is 16.3. The molecule has 0 unspecified atom stereocenters. The smallest absolute Gasteiger partial charge is 0.220 e. The van der Waals surface area contributed by atoms with Crippen molar-refractivity contribution in [2.24, 2.45) is 5.73 Å². The molecule has 0 aromatic heterocycles. The zero-order valence-electron chi connectivity index (χ0n) is 10.7. The normalized spacial score (nSPS) is 24.6. The minimum Gasteiger partial charge on any atom is -0.391 e. The molecular formula is C13H26N2O2. The molecule has 0 heterocycles. The maximum Gasteiger partial charge on any atom is 0.220 e. The summed E-state index contributed by atoms with van der Waals surface area (Å²) in [5, 5.41) is 12.7. The lowest BCUT2D eigenvalue weighted by Crippen LogP contribution is -2.44. The Morgan fingerprint density at radius 1 is 1.18 bits per heavy atom. The Morgan fingerprint density at radius 3 is 2.59 bits per heavy atom. The lowest BCUT2D eigenvalue weighted by molar-refractivity contribution is -0.123. The predicted octanol–water partition coefficient (Wildman–Crippen LogP) is 1.32. The molecule has 0 aromatic rings. The van der Waals surface area contributed by atoms with Crippen LogP contribution in [0.1, 0.15) is 57.8 Å². The summed E-state index contributed by atoms with van der Waals surface area (Å²) in [6.45, 7) is 0.737. The van der Waals surface area contributed by atoms with E-state index >= 15 is 0 Å². The first-order valence-electron chi connectivity index (χ1n) is 6.91. The topological polar surface area (TPSA) is 75.4 Å². The molecule has 0 aromatic carbocycles. The third kappa shape index (κ3) is 6.03. The highest BCUT2D eigenvalue weighted by molar-refractivity contribution is 5.76. The van der Waals surface area contributed by atoms with Crippen LogP contribution in [0.3, 0.4) is 0 Å². The summed E-state index contributed by atoms with van der Waals surface area (Å²) in [5.74, 6) is 0.0868. The summed E-state index contributed by atoms with van der Waals surface area (Å²) in [6, 6.07) is -0.0136. The number of nitrogens with one attached hydrogen (secondary N) is 1. The van der Waals surface area contributed by atoms with Crippen LogP contribution in [-0.2, 0) is 4.79 Å². The van der Waals surface area contributed by atoms with Gasteiger partial charge < -0.3 is 16.2 Å². The van der Waals surface area contributed by atoms with Gasteiger partial charge in [-0.25, -0.2) is 0 Å². The van der Waals surface area contributed by atoms with Gasteiger partial charge in [-0.1, -0.05) is 25.7 Å². The molecule has 17 heavy (non-hydrogen) atoms. The van der Waals surface area contributed by atoms with Gasteiger partial charge in [-0.2, -0.15) is 0 Å². The number of unbranched alkanes of at least 4 members (excludes halogenated alkanes) is 3. The Hall–Kier alpha value is -0.610. The molecule has 1 amide bonds. The van der Waals surface area contributed by atoms with Crippen LogP contribution in [0, 0.1) is 0 Å². The van der Waals surface area contributed by atoms with E-state index in [1.165, 1.54) is 0 Å². The van der Waals surface area contributed by atoms with E-state index in [1.807, 2.05) is 0 Å². The van der Waals surface area contributed by atoms with Crippen molar-refractivity contribution in [3.63, 3.8) is 0 Å². The van der Waals surface area contributed by atoms with E-state index in [2.05, 4.69) is 5.32 Å². The minimum absolute atomic E-state index is 0.0136. The van der Waals surface area contributed by atoms with E-state index in [0.717, 1.165) is 57.9 Å². The third-order valence-corrected chi connectivity index (χ3v) is 3.43. The highest BCUT2D eigenvalue weighted by Crippen LogP contribution is 2.18. The molecular weight excluding hydrogens is 216 g/mol. The van der Waals surface area contributed by atoms with Gasteiger partial charge in [0.05, 0.1) is 12.1 Å². The molecule has 4 N–H and O–H groups in total. The van der Waals surface area contributed by atoms with Crippen LogP contribution >= 0.6 is 0 Å². The largest absolute Gasteiger partial charge is 0.391 e. The molecule has 0 aliphatic heterocycles. The molecule has 1 saturated carbocycles. The first-order valence-corrected chi connectivity index (χ1v) is 6.91. The van der Waals surface area contributed by atoms with Crippen molar-refractivity contribution in [1.82, 2.24) is 5.32 Å². The van der Waals surface area contributed by atoms with Gasteiger partial charge in [0.2, 0.25) is 5.91 Å². The Morgan fingerprint density at radius 2 is 1.88 bits per heavy atom. The zero-order chi connectivity index (χ0) is 12.5. The van der Waals surface area contributed by atoms with E-state index in [-0.39, 0.29) is 18.1 Å². The van der Waals surface area contributed by atoms with Gasteiger partial charge in [-0.15, -0.1) is 0 Å². The Labute approximate surface area is 104 Å². The van der Waals surface area contributed by atoms with Crippen molar-refractivity contribution >= 4 is 5.91 Å². The SMILES string of the molecule is NCCCCCCC(=O)N[C@H]1CCCC[C@@H]1O. The summed E-state index contributed by atoms with van der Waals surface area (Å²) in [7, 11) is 0. The van der Waals surface area contributed by atoms with Gasteiger partial charge in [0.15, 0.2) is 0 Å². The quantitative estimate of drug-likeness (QED) is 0.589. The minimum atomic E-state index is -0.343. The van der Waals surface area contributed by atoms with Gasteiger partial charge >= 0.3 is 0 Å². The van der Waals surface area contributed by atoms with Crippen LogP contribution in [-0.4, -0.2) is 29.7 Å². The summed E-state index contributed by atoms with van der Waals surface area (Å²) >= 11 is 0. The average Bonchev–Trinajstić information content (AvgIpc) is 2.32. The molecule has 1 aliphatic carbocycles. The molecule has 4 nitrogen and oxygen atoms in total. The number of carbonyl (C=O) groups excluding carboxylic acids is 1. The van der Waals surface area contributed by atoms with Crippen molar-refractivity contribution in [2.45, 2.75) is 69.9 Å². The van der Waals surface area contributed by atoms with Crippen LogP contribution in [0.4, 0.5) is 0 Å². The number of carbonyl (C=O) groups is 1. The van der Waals surface area contributed by atoms with E-state index < -0.39 is 0 Å². The second-order valence-corrected chi connectivity index (χ2v) is 4.98. The number of hydrogen-bond acceptors (Lipinski definition) is 3. The fourth-order valence-corrected chi connectivity index (χ4v) is 2.34. The van der Waals surface area contributed by atoms with Crippen molar-refractivity contribution in [1.29, 1.82) is 0 Å². The average molecular weight is 242 g/mol.